The quantitative estimate of drug-likeness (QED) is 0.0535. The fraction of sp³-hybridized carbons (Fsp3) is 0.380. The van der Waals surface area contributed by atoms with Crippen molar-refractivity contribution in [3.8, 4) is 33.6 Å². The Morgan fingerprint density at radius 1 is 0.387 bits per heavy atom. The van der Waals surface area contributed by atoms with Crippen LogP contribution in [0.4, 0.5) is 0 Å². The second-order valence-electron chi connectivity index (χ2n) is 22.1. The highest BCUT2D eigenvalue weighted by molar-refractivity contribution is 5.91. The molecular weight excluding hydrogens is 909 g/mol. The molecule has 0 saturated heterocycles. The monoisotopic (exact) mass is 991 g/mol. The number of nitrogens with zero attached hydrogens (tertiary/aromatic N) is 4. The Hall–Kier alpha value is -6.52. The van der Waals surface area contributed by atoms with E-state index in [0.717, 1.165) is 70.8 Å². The van der Waals surface area contributed by atoms with Gasteiger partial charge in [-0.25, -0.2) is 9.97 Å². The molecule has 7 aromatic carbocycles. The van der Waals surface area contributed by atoms with Crippen molar-refractivity contribution in [1.29, 1.82) is 0 Å². The zero-order valence-corrected chi connectivity index (χ0v) is 46.3. The fourth-order valence-electron chi connectivity index (χ4n) is 12.4. The van der Waals surface area contributed by atoms with Gasteiger partial charge in [0.1, 0.15) is 17.1 Å². The first-order chi connectivity index (χ1) is 36.9. The van der Waals surface area contributed by atoms with Crippen molar-refractivity contribution < 1.29 is 0 Å². The Balaban J connectivity index is 1.27. The first-order valence-corrected chi connectivity index (χ1v) is 29.4. The van der Waals surface area contributed by atoms with Gasteiger partial charge in [0.05, 0.1) is 22.1 Å². The Bertz CT molecular complexity index is 3210. The van der Waals surface area contributed by atoms with Gasteiger partial charge in [-0.15, -0.1) is 0 Å². The number of rotatable bonds is 25. The highest BCUT2D eigenvalue weighted by Gasteiger charge is 2.53. The molecule has 0 N–H and O–H groups in total. The standard InChI is InChI=1S/C71H82N4/c1-7-11-15-19-27-53-36-41-58(42-37-53)74-67-33-25-23-31-65(67)72-69(74)71(70-73-66-32-24-26-34-68(66)75(70)59-43-38-54(39-44-59)28-20-16-12-8-2)63-47-51(5)35-45-60(63)61-46-40-57(50-64(61)71)62-49-55(29-21-17-13-9-3)52(6)48-56(62)30-22-18-14-10-4/h23-26,31-50H,7-22,27-30H2,1-6H3. The molecule has 0 spiro atoms. The van der Waals surface area contributed by atoms with Crippen LogP contribution in [0.25, 0.3) is 55.7 Å². The molecule has 386 valence electrons. The van der Waals surface area contributed by atoms with E-state index in [2.05, 4.69) is 196 Å². The molecule has 0 amide bonds. The summed E-state index contributed by atoms with van der Waals surface area (Å²) in [6.07, 6.45) is 24.4. The van der Waals surface area contributed by atoms with Gasteiger partial charge in [-0.05, 0) is 181 Å². The second kappa shape index (κ2) is 24.0. The van der Waals surface area contributed by atoms with E-state index in [1.807, 2.05) is 0 Å². The summed E-state index contributed by atoms with van der Waals surface area (Å²) in [5.74, 6) is 1.93. The van der Waals surface area contributed by atoms with Gasteiger partial charge in [-0.3, -0.25) is 9.13 Å². The molecule has 0 aliphatic heterocycles. The number of benzene rings is 7. The molecule has 0 fully saturated rings. The normalized spacial score (nSPS) is 12.8. The molecule has 1 aliphatic rings. The summed E-state index contributed by atoms with van der Waals surface area (Å²) < 4.78 is 4.99. The van der Waals surface area contributed by atoms with Gasteiger partial charge in [0.2, 0.25) is 0 Å². The van der Waals surface area contributed by atoms with Crippen LogP contribution in [0.3, 0.4) is 0 Å². The summed E-state index contributed by atoms with van der Waals surface area (Å²) in [4.78, 5) is 11.9. The smallest absolute Gasteiger partial charge is 0.138 e. The number of hydrogen-bond donors (Lipinski definition) is 0. The molecule has 0 bridgehead atoms. The van der Waals surface area contributed by atoms with Crippen molar-refractivity contribution in [2.75, 3.05) is 0 Å². The lowest BCUT2D eigenvalue weighted by molar-refractivity contribution is 0.629. The molecule has 10 rings (SSSR count). The first-order valence-electron chi connectivity index (χ1n) is 29.4. The Kier molecular flexibility index (Phi) is 16.6. The lowest BCUT2D eigenvalue weighted by atomic mass is 9.74. The molecule has 75 heavy (non-hydrogen) atoms. The first kappa shape index (κ1) is 51.9. The van der Waals surface area contributed by atoms with Gasteiger partial charge in [0, 0.05) is 11.4 Å². The number of imidazole rings is 2. The van der Waals surface area contributed by atoms with Crippen LogP contribution in [0, 0.1) is 13.8 Å². The van der Waals surface area contributed by atoms with Crippen LogP contribution in [0.15, 0.2) is 146 Å². The summed E-state index contributed by atoms with van der Waals surface area (Å²) in [7, 11) is 0. The van der Waals surface area contributed by atoms with Crippen molar-refractivity contribution in [3.63, 3.8) is 0 Å². The minimum absolute atomic E-state index is 0.961. The summed E-state index contributed by atoms with van der Waals surface area (Å²) >= 11 is 0. The van der Waals surface area contributed by atoms with Crippen LogP contribution in [-0.2, 0) is 31.1 Å². The highest BCUT2D eigenvalue weighted by atomic mass is 15.2. The number of hydrogen-bond acceptors (Lipinski definition) is 2. The predicted molar refractivity (Wildman–Crippen MR) is 319 cm³/mol. The zero-order chi connectivity index (χ0) is 51.7. The van der Waals surface area contributed by atoms with Gasteiger partial charge in [-0.1, -0.05) is 201 Å². The fourth-order valence-corrected chi connectivity index (χ4v) is 12.4. The van der Waals surface area contributed by atoms with Crippen LogP contribution in [0.2, 0.25) is 0 Å². The summed E-state index contributed by atoms with van der Waals surface area (Å²) in [5.41, 5.74) is 21.4. The Morgan fingerprint density at radius 3 is 1.35 bits per heavy atom. The van der Waals surface area contributed by atoms with Crippen molar-refractivity contribution in [2.45, 2.75) is 175 Å². The summed E-state index contributed by atoms with van der Waals surface area (Å²) in [6, 6.07) is 56.2. The van der Waals surface area contributed by atoms with Crippen molar-refractivity contribution >= 4 is 22.1 Å². The van der Waals surface area contributed by atoms with E-state index in [4.69, 9.17) is 9.97 Å². The van der Waals surface area contributed by atoms with Crippen LogP contribution < -0.4 is 0 Å². The predicted octanol–water partition coefficient (Wildman–Crippen LogP) is 19.5. The van der Waals surface area contributed by atoms with Gasteiger partial charge in [0.15, 0.2) is 0 Å². The number of aromatic nitrogens is 4. The van der Waals surface area contributed by atoms with Crippen molar-refractivity contribution in [1.82, 2.24) is 19.1 Å². The van der Waals surface area contributed by atoms with E-state index in [-0.39, 0.29) is 0 Å². The molecule has 0 saturated carbocycles. The number of aryl methyl sites for hydroxylation is 6. The summed E-state index contributed by atoms with van der Waals surface area (Å²) in [6.45, 7) is 13.8. The van der Waals surface area contributed by atoms with E-state index >= 15 is 0 Å². The minimum Gasteiger partial charge on any atom is -0.295 e. The Morgan fingerprint density at radius 2 is 0.840 bits per heavy atom. The van der Waals surface area contributed by atoms with Crippen LogP contribution >= 0.6 is 0 Å². The number of para-hydroxylation sites is 4. The lowest BCUT2D eigenvalue weighted by Gasteiger charge is -2.33. The van der Waals surface area contributed by atoms with Crippen molar-refractivity contribution in [2.24, 2.45) is 0 Å². The molecule has 0 unspecified atom stereocenters. The van der Waals surface area contributed by atoms with Gasteiger partial charge < -0.3 is 0 Å². The summed E-state index contributed by atoms with van der Waals surface area (Å²) in [5, 5.41) is 0. The van der Waals surface area contributed by atoms with E-state index in [0.29, 0.717) is 0 Å². The van der Waals surface area contributed by atoms with Crippen molar-refractivity contribution in [3.05, 3.63) is 202 Å². The number of unbranched alkanes of at least 4 members (excludes halogenated alkanes) is 12. The van der Waals surface area contributed by atoms with Crippen LogP contribution in [0.5, 0.6) is 0 Å². The van der Waals surface area contributed by atoms with Crippen LogP contribution in [-0.4, -0.2) is 19.1 Å². The third-order valence-corrected chi connectivity index (χ3v) is 16.6. The molecule has 1 aliphatic carbocycles. The van der Waals surface area contributed by atoms with Crippen LogP contribution in [0.1, 0.15) is 187 Å². The highest BCUT2D eigenvalue weighted by Crippen LogP contribution is 2.58. The minimum atomic E-state index is -0.961. The molecule has 2 heterocycles. The molecule has 9 aromatic rings. The SMILES string of the molecule is CCCCCCc1ccc(-n2c(C3(c4nc5ccccc5n4-c4ccc(CCCCCC)cc4)c4cc(C)ccc4-c4ccc(-c5cc(CCCCCC)c(C)cc5CCCCCC)cc43)nc3ccccc32)cc1. The third kappa shape index (κ3) is 10.6. The van der Waals surface area contributed by atoms with E-state index < -0.39 is 5.41 Å². The Labute approximate surface area is 449 Å². The second-order valence-corrected chi connectivity index (χ2v) is 22.1. The van der Waals surface area contributed by atoms with Gasteiger partial charge in [-0.2, -0.15) is 0 Å². The molecule has 4 heteroatoms. The molecular formula is C71H82N4. The average molecular weight is 991 g/mol. The topological polar surface area (TPSA) is 35.6 Å². The van der Waals surface area contributed by atoms with Gasteiger partial charge in [0.25, 0.3) is 0 Å². The largest absolute Gasteiger partial charge is 0.295 e. The lowest BCUT2D eigenvalue weighted by Crippen LogP contribution is -2.35. The van der Waals surface area contributed by atoms with E-state index in [1.54, 1.807) is 0 Å². The number of fused-ring (bicyclic) bond motifs is 5. The molecule has 0 radical (unpaired) electrons. The maximum absolute atomic E-state index is 5.97. The van der Waals surface area contributed by atoms with E-state index in [1.165, 1.54) is 169 Å². The van der Waals surface area contributed by atoms with E-state index in [9.17, 15) is 0 Å². The maximum Gasteiger partial charge on any atom is 0.138 e. The maximum atomic E-state index is 5.97. The zero-order valence-electron chi connectivity index (χ0n) is 46.3. The molecule has 4 nitrogen and oxygen atoms in total. The average Bonchev–Trinajstić information content (AvgIpc) is 4.25. The third-order valence-electron chi connectivity index (χ3n) is 16.6. The molecule has 2 aromatic heterocycles. The van der Waals surface area contributed by atoms with Gasteiger partial charge >= 0.3 is 0 Å². The molecule has 0 atom stereocenters.